The molecule has 0 amide bonds. The van der Waals surface area contributed by atoms with Gasteiger partial charge in [0.2, 0.25) is 5.60 Å². The molecule has 7 N–H and O–H groups in total. The first kappa shape index (κ1) is 39.0. The summed E-state index contributed by atoms with van der Waals surface area (Å²) < 4.78 is 9.07. The molecular weight excluding hydrogens is 516 g/mol. The molecule has 0 saturated carbocycles. The van der Waals surface area contributed by atoms with Crippen LogP contribution in [-0.4, -0.2) is 59.2 Å². The van der Waals surface area contributed by atoms with E-state index >= 15 is 0 Å². The van der Waals surface area contributed by atoms with Gasteiger partial charge in [-0.15, -0.1) is 0 Å². The fourth-order valence-corrected chi connectivity index (χ4v) is 2.75. The monoisotopic (exact) mass is 547 g/mol. The largest absolute Gasteiger partial charge is 2.00 e. The fourth-order valence-electron chi connectivity index (χ4n) is 2.75. The maximum absolute atomic E-state index is 11.6. The zero-order valence-corrected chi connectivity index (χ0v) is 20.8. The molecule has 3 rings (SSSR count). The number of ether oxygens (including phenoxy) is 1. The quantitative estimate of drug-likeness (QED) is 0.319. The van der Waals surface area contributed by atoms with E-state index in [1.54, 1.807) is 33.9 Å². The fraction of sp³-hybridized carbons (Fsp3) is 0.333. The third kappa shape index (κ3) is 11.1. The third-order valence-electron chi connectivity index (χ3n) is 3.87. The molecule has 1 aromatic carbocycles. The van der Waals surface area contributed by atoms with E-state index in [9.17, 15) is 5.11 Å². The number of carbonyl (C=O) groups excluding carboxylic acids is 2. The van der Waals surface area contributed by atoms with Gasteiger partial charge in [0.15, 0.2) is 11.6 Å². The van der Waals surface area contributed by atoms with Crippen molar-refractivity contribution in [3.63, 3.8) is 0 Å². The summed E-state index contributed by atoms with van der Waals surface area (Å²) in [5.41, 5.74) is -0.758. The van der Waals surface area contributed by atoms with Gasteiger partial charge < -0.3 is 55.2 Å². The van der Waals surface area contributed by atoms with Crippen LogP contribution in [0.4, 0.5) is 0 Å². The Morgan fingerprint density at radius 2 is 1.26 bits per heavy atom. The van der Waals surface area contributed by atoms with Gasteiger partial charge in [-0.2, -0.15) is 0 Å². The summed E-state index contributed by atoms with van der Waals surface area (Å²) in [7, 11) is 3.70. The summed E-state index contributed by atoms with van der Waals surface area (Å²) >= 11 is 0. The van der Waals surface area contributed by atoms with Crippen molar-refractivity contribution in [1.82, 2.24) is 19.1 Å². The van der Waals surface area contributed by atoms with Crippen molar-refractivity contribution in [2.45, 2.75) is 26.4 Å². The minimum atomic E-state index is -1.44. The molecule has 1 radical (unpaired) electrons. The van der Waals surface area contributed by atoms with Crippen LogP contribution < -0.4 is 14.9 Å². The molecule has 0 atom stereocenters. The Kier molecular flexibility index (Phi) is 20.2. The Morgan fingerprint density at radius 1 is 0.914 bits per heavy atom. The summed E-state index contributed by atoms with van der Waals surface area (Å²) in [6.07, 6.45) is 6.94. The summed E-state index contributed by atoms with van der Waals surface area (Å²) in [5, 5.41) is 29.4. The molecule has 0 aliphatic heterocycles. The molecule has 2 aromatic heterocycles. The van der Waals surface area contributed by atoms with E-state index in [1.165, 1.54) is 0 Å². The van der Waals surface area contributed by atoms with Crippen molar-refractivity contribution < 1.29 is 63.1 Å². The predicted molar refractivity (Wildman–Crippen MR) is 118 cm³/mol. The Balaban J connectivity index is -0.000000353. The standard InChI is InChI=1S/C17H20N4O2.2C2H4O2.Cu.3H2O/c1-4-23-14-7-5-13(6-8-14)17(22,15-18-9-11-20(15)2)16-19-10-12-21(16)3;2*1-2(3)4;;;;/h5-12,22H,4H2,1-3H3;2*1H3,(H,3,4);;3*1H2/q;;;+2;;;/p-2. The number of carbonyl (C=O) groups is 2. The topological polar surface area (TPSA) is 240 Å². The molecule has 13 nitrogen and oxygen atoms in total. The van der Waals surface area contributed by atoms with Crippen LogP contribution in [0.15, 0.2) is 49.1 Å². The Labute approximate surface area is 213 Å². The second kappa shape index (κ2) is 18.1. The molecule has 0 spiro atoms. The van der Waals surface area contributed by atoms with Gasteiger partial charge in [0.1, 0.15) is 5.75 Å². The number of carboxylic acid groups (broad SMARTS) is 2. The van der Waals surface area contributed by atoms with Crippen molar-refractivity contribution in [2.75, 3.05) is 6.61 Å². The maximum atomic E-state index is 11.6. The molecule has 0 aliphatic carbocycles. The van der Waals surface area contributed by atoms with Crippen LogP contribution in [0.5, 0.6) is 5.75 Å². The van der Waals surface area contributed by atoms with Crippen LogP contribution in [0.25, 0.3) is 0 Å². The Hall–Kier alpha value is -3.26. The van der Waals surface area contributed by atoms with Crippen LogP contribution >= 0.6 is 0 Å². The smallest absolute Gasteiger partial charge is 0.550 e. The van der Waals surface area contributed by atoms with Gasteiger partial charge in [-0.05, 0) is 38.5 Å². The number of carboxylic acids is 2. The minimum absolute atomic E-state index is 0. The number of aryl methyl sites for hydroxylation is 2. The van der Waals surface area contributed by atoms with Gasteiger partial charge in [0.05, 0.1) is 6.61 Å². The first-order valence-electron chi connectivity index (χ1n) is 9.30. The normalized spacial score (nSPS) is 9.09. The van der Waals surface area contributed by atoms with E-state index in [0.717, 1.165) is 19.6 Å². The van der Waals surface area contributed by atoms with Gasteiger partial charge in [-0.25, -0.2) is 9.97 Å². The van der Waals surface area contributed by atoms with Crippen molar-refractivity contribution in [3.05, 3.63) is 66.3 Å². The number of benzene rings is 1. The SMILES string of the molecule is CC(=O)[O-].CC(=O)[O-].CCOc1ccc(C(O)(c2nccn2C)c2nccn2C)cc1.O.O.O.[Cu+2]. The molecule has 2 heterocycles. The van der Waals surface area contributed by atoms with Crippen LogP contribution in [0.2, 0.25) is 0 Å². The summed E-state index contributed by atoms with van der Waals surface area (Å²) in [6, 6.07) is 7.37. The average molecular weight is 548 g/mol. The predicted octanol–water partition coefficient (Wildman–Crippen LogP) is -3.13. The van der Waals surface area contributed by atoms with Gasteiger partial charge in [-0.3, -0.25) is 0 Å². The zero-order valence-electron chi connectivity index (χ0n) is 19.9. The molecule has 35 heavy (non-hydrogen) atoms. The minimum Gasteiger partial charge on any atom is -0.550 e. The van der Waals surface area contributed by atoms with E-state index in [2.05, 4.69) is 9.97 Å². The number of aromatic nitrogens is 4. The van der Waals surface area contributed by atoms with Crippen molar-refractivity contribution in [2.24, 2.45) is 14.1 Å². The molecule has 0 saturated heterocycles. The van der Waals surface area contributed by atoms with E-state index < -0.39 is 17.5 Å². The van der Waals surface area contributed by atoms with Crippen LogP contribution in [0.3, 0.4) is 0 Å². The number of rotatable bonds is 5. The summed E-state index contributed by atoms with van der Waals surface area (Å²) in [6.45, 7) is 4.48. The molecule has 0 fully saturated rings. The molecule has 0 aliphatic rings. The molecule has 14 heteroatoms. The van der Waals surface area contributed by atoms with Crippen molar-refractivity contribution in [3.8, 4) is 5.75 Å². The first-order valence-corrected chi connectivity index (χ1v) is 9.30. The number of nitrogens with zero attached hydrogens (tertiary/aromatic N) is 4. The number of hydrogen-bond donors (Lipinski definition) is 1. The zero-order chi connectivity index (χ0) is 23.6. The summed E-state index contributed by atoms with van der Waals surface area (Å²) in [5.74, 6) is -0.384. The van der Waals surface area contributed by atoms with Gasteiger partial charge in [-0.1, -0.05) is 12.1 Å². The second-order valence-corrected chi connectivity index (χ2v) is 6.37. The number of imidazole rings is 2. The van der Waals surface area contributed by atoms with Crippen LogP contribution in [0.1, 0.15) is 38.0 Å². The van der Waals surface area contributed by atoms with Crippen molar-refractivity contribution >= 4 is 11.9 Å². The van der Waals surface area contributed by atoms with Gasteiger partial charge in [0.25, 0.3) is 0 Å². The van der Waals surface area contributed by atoms with Crippen molar-refractivity contribution in [1.29, 1.82) is 0 Å². The molecule has 0 unspecified atom stereocenters. The summed E-state index contributed by atoms with van der Waals surface area (Å²) in [4.78, 5) is 26.5. The van der Waals surface area contributed by atoms with E-state index in [1.807, 2.05) is 45.3 Å². The number of aliphatic hydroxyl groups is 1. The first-order chi connectivity index (χ1) is 14.5. The average Bonchev–Trinajstić information content (AvgIpc) is 3.30. The van der Waals surface area contributed by atoms with Gasteiger partial charge >= 0.3 is 17.1 Å². The van der Waals surface area contributed by atoms with E-state index in [4.69, 9.17) is 24.5 Å². The van der Waals surface area contributed by atoms with Gasteiger partial charge in [0, 0.05) is 50.8 Å². The molecule has 201 valence electrons. The number of hydrogen-bond acceptors (Lipinski definition) is 8. The van der Waals surface area contributed by atoms with Crippen LogP contribution in [0, 0.1) is 0 Å². The second-order valence-electron chi connectivity index (χ2n) is 6.37. The molecule has 0 bridgehead atoms. The molecule has 3 aromatic rings. The molecular formula is C21H32CuN4O9. The maximum Gasteiger partial charge on any atom is 2.00 e. The van der Waals surface area contributed by atoms with E-state index in [0.29, 0.717) is 23.8 Å². The number of aliphatic carboxylic acids is 2. The van der Waals surface area contributed by atoms with Crippen LogP contribution in [-0.2, 0) is 46.4 Å². The third-order valence-corrected chi connectivity index (χ3v) is 3.87. The van der Waals surface area contributed by atoms with E-state index in [-0.39, 0.29) is 33.5 Å². The Morgan fingerprint density at radius 3 is 1.51 bits per heavy atom. The Bertz CT molecular complexity index is 931.